The third kappa shape index (κ3) is 3.83. The van der Waals surface area contributed by atoms with Gasteiger partial charge in [0.1, 0.15) is 0 Å². The van der Waals surface area contributed by atoms with E-state index in [2.05, 4.69) is 10.6 Å². The number of benzene rings is 1. The smallest absolute Gasteiger partial charge is 0.336 e. The monoisotopic (exact) mass is 356 g/mol. The normalized spacial score (nSPS) is 17.6. The predicted molar refractivity (Wildman–Crippen MR) is 86.1 cm³/mol. The number of carbonyl (C=O) groups is 3. The molecule has 1 heterocycles. The van der Waals surface area contributed by atoms with Crippen LogP contribution in [0.1, 0.15) is 13.3 Å². The van der Waals surface area contributed by atoms with Gasteiger partial charge in [-0.1, -0.05) is 23.2 Å². The van der Waals surface area contributed by atoms with Crippen LogP contribution in [-0.2, 0) is 19.1 Å². The number of halogens is 2. The van der Waals surface area contributed by atoms with Gasteiger partial charge in [0.2, 0.25) is 11.8 Å². The number of hydrogen-bond acceptors (Lipinski definition) is 4. The van der Waals surface area contributed by atoms with E-state index in [-0.39, 0.29) is 22.9 Å². The molecule has 0 fully saturated rings. The second-order valence-electron chi connectivity index (χ2n) is 4.95. The molecule has 0 bridgehead atoms. The van der Waals surface area contributed by atoms with Gasteiger partial charge in [-0.2, -0.15) is 0 Å². The van der Waals surface area contributed by atoms with E-state index in [1.807, 2.05) is 0 Å². The Morgan fingerprint density at radius 3 is 2.61 bits per heavy atom. The van der Waals surface area contributed by atoms with Crippen LogP contribution >= 0.6 is 23.2 Å². The molecule has 6 nitrogen and oxygen atoms in total. The lowest BCUT2D eigenvalue weighted by Gasteiger charge is -2.25. The number of rotatable bonds is 3. The van der Waals surface area contributed by atoms with Crippen molar-refractivity contribution >= 4 is 46.7 Å². The Morgan fingerprint density at radius 2 is 2.00 bits per heavy atom. The predicted octanol–water partition coefficient (Wildman–Crippen LogP) is 2.51. The largest absolute Gasteiger partial charge is 0.466 e. The zero-order chi connectivity index (χ0) is 17.1. The molecule has 122 valence electrons. The van der Waals surface area contributed by atoms with Crippen LogP contribution in [0.25, 0.3) is 0 Å². The molecule has 0 spiro atoms. The van der Waals surface area contributed by atoms with Crippen LogP contribution < -0.4 is 10.6 Å². The molecule has 1 aromatic rings. The molecule has 1 aliphatic heterocycles. The van der Waals surface area contributed by atoms with E-state index < -0.39 is 17.8 Å². The first-order valence-corrected chi connectivity index (χ1v) is 7.44. The minimum Gasteiger partial charge on any atom is -0.466 e. The number of amides is 2. The van der Waals surface area contributed by atoms with Crippen molar-refractivity contribution in [1.29, 1.82) is 0 Å². The fraction of sp³-hybridized carbons (Fsp3) is 0.267. The van der Waals surface area contributed by atoms with Crippen molar-refractivity contribution in [3.63, 3.8) is 0 Å². The van der Waals surface area contributed by atoms with Gasteiger partial charge in [-0.3, -0.25) is 9.59 Å². The van der Waals surface area contributed by atoms with Gasteiger partial charge < -0.3 is 15.4 Å². The first-order valence-electron chi connectivity index (χ1n) is 6.68. The molecule has 2 rings (SSSR count). The van der Waals surface area contributed by atoms with E-state index in [0.29, 0.717) is 16.4 Å². The van der Waals surface area contributed by atoms with Gasteiger partial charge in [-0.15, -0.1) is 0 Å². The average Bonchev–Trinajstić information content (AvgIpc) is 2.49. The van der Waals surface area contributed by atoms with Crippen LogP contribution in [0.2, 0.25) is 10.0 Å². The molecule has 0 aliphatic carbocycles. The second-order valence-corrected chi connectivity index (χ2v) is 5.77. The van der Waals surface area contributed by atoms with Crippen molar-refractivity contribution < 1.29 is 19.1 Å². The molecule has 0 saturated carbocycles. The highest BCUT2D eigenvalue weighted by Crippen LogP contribution is 2.28. The van der Waals surface area contributed by atoms with Gasteiger partial charge in [0.15, 0.2) is 0 Å². The Hall–Kier alpha value is -2.05. The summed E-state index contributed by atoms with van der Waals surface area (Å²) in [4.78, 5) is 36.1. The number of methoxy groups -OCH3 is 1. The minimum atomic E-state index is -0.939. The van der Waals surface area contributed by atoms with Gasteiger partial charge in [0.05, 0.1) is 28.6 Å². The SMILES string of the molecule is COC(=O)C1=C(C)NC(=O)C[C@H]1C(=O)Nc1ccc(Cl)c(Cl)c1. The number of hydrogen-bond donors (Lipinski definition) is 2. The second kappa shape index (κ2) is 7.02. The molecule has 0 unspecified atom stereocenters. The molecular formula is C15H14Cl2N2O4. The van der Waals surface area contributed by atoms with Crippen molar-refractivity contribution in [3.05, 3.63) is 39.5 Å². The molecule has 0 radical (unpaired) electrons. The molecule has 2 amide bonds. The van der Waals surface area contributed by atoms with Gasteiger partial charge >= 0.3 is 5.97 Å². The maximum atomic E-state index is 12.5. The summed E-state index contributed by atoms with van der Waals surface area (Å²) < 4.78 is 4.69. The van der Waals surface area contributed by atoms with Crippen molar-refractivity contribution in [2.75, 3.05) is 12.4 Å². The number of esters is 1. The summed E-state index contributed by atoms with van der Waals surface area (Å²) in [6.45, 7) is 1.54. The zero-order valence-electron chi connectivity index (χ0n) is 12.4. The fourth-order valence-corrected chi connectivity index (χ4v) is 2.61. The summed E-state index contributed by atoms with van der Waals surface area (Å²) >= 11 is 11.7. The molecule has 2 N–H and O–H groups in total. The summed E-state index contributed by atoms with van der Waals surface area (Å²) in [5.41, 5.74) is 0.851. The third-order valence-corrected chi connectivity index (χ3v) is 4.12. The molecule has 0 saturated heterocycles. The van der Waals surface area contributed by atoms with Crippen LogP contribution in [0.15, 0.2) is 29.5 Å². The molecule has 23 heavy (non-hydrogen) atoms. The Morgan fingerprint density at radius 1 is 1.30 bits per heavy atom. The standard InChI is InChI=1S/C15H14Cl2N2O4/c1-7-13(15(22)23-2)9(6-12(20)18-7)14(21)19-8-3-4-10(16)11(17)5-8/h3-5,9H,6H2,1-2H3,(H,18,20)(H,19,21)/t9-/m1/s1. The summed E-state index contributed by atoms with van der Waals surface area (Å²) in [5, 5.41) is 5.79. The summed E-state index contributed by atoms with van der Waals surface area (Å²) in [6, 6.07) is 4.60. The lowest BCUT2D eigenvalue weighted by molar-refractivity contribution is -0.139. The van der Waals surface area contributed by atoms with E-state index in [4.69, 9.17) is 27.9 Å². The minimum absolute atomic E-state index is 0.129. The van der Waals surface area contributed by atoms with Crippen molar-refractivity contribution in [1.82, 2.24) is 5.32 Å². The van der Waals surface area contributed by atoms with E-state index >= 15 is 0 Å². The third-order valence-electron chi connectivity index (χ3n) is 3.38. The maximum absolute atomic E-state index is 12.5. The van der Waals surface area contributed by atoms with E-state index in [1.54, 1.807) is 13.0 Å². The zero-order valence-corrected chi connectivity index (χ0v) is 13.9. The van der Waals surface area contributed by atoms with Crippen molar-refractivity contribution in [2.24, 2.45) is 5.92 Å². The molecule has 1 aliphatic rings. The molecular weight excluding hydrogens is 343 g/mol. The Labute approximate surface area is 142 Å². The van der Waals surface area contributed by atoms with Crippen LogP contribution in [0, 0.1) is 5.92 Å². The van der Waals surface area contributed by atoms with E-state index in [1.165, 1.54) is 19.2 Å². The molecule has 8 heteroatoms. The van der Waals surface area contributed by atoms with E-state index in [0.717, 1.165) is 0 Å². The highest BCUT2D eigenvalue weighted by atomic mass is 35.5. The molecule has 1 aromatic carbocycles. The van der Waals surface area contributed by atoms with E-state index in [9.17, 15) is 14.4 Å². The molecule has 1 atom stereocenters. The summed E-state index contributed by atoms with van der Waals surface area (Å²) in [7, 11) is 1.22. The summed E-state index contributed by atoms with van der Waals surface area (Å²) in [6.07, 6.45) is -0.144. The van der Waals surface area contributed by atoms with Crippen LogP contribution in [0.3, 0.4) is 0 Å². The lowest BCUT2D eigenvalue weighted by Crippen LogP contribution is -2.40. The molecule has 0 aromatic heterocycles. The Balaban J connectivity index is 2.28. The van der Waals surface area contributed by atoms with Gasteiger partial charge in [-0.25, -0.2) is 4.79 Å². The van der Waals surface area contributed by atoms with Crippen LogP contribution in [-0.4, -0.2) is 24.9 Å². The quantitative estimate of drug-likeness (QED) is 0.815. The number of anilines is 1. The van der Waals surface area contributed by atoms with Gasteiger partial charge in [0.25, 0.3) is 0 Å². The van der Waals surface area contributed by atoms with Crippen molar-refractivity contribution in [2.45, 2.75) is 13.3 Å². The Bertz CT molecular complexity index is 715. The maximum Gasteiger partial charge on any atom is 0.336 e. The number of nitrogens with one attached hydrogen (secondary N) is 2. The topological polar surface area (TPSA) is 84.5 Å². The first kappa shape index (κ1) is 17.3. The van der Waals surface area contributed by atoms with Crippen LogP contribution in [0.4, 0.5) is 5.69 Å². The lowest BCUT2D eigenvalue weighted by atomic mass is 9.89. The van der Waals surface area contributed by atoms with Gasteiger partial charge in [0, 0.05) is 17.8 Å². The first-order chi connectivity index (χ1) is 10.8. The highest BCUT2D eigenvalue weighted by Gasteiger charge is 2.36. The number of allylic oxidation sites excluding steroid dienone is 1. The van der Waals surface area contributed by atoms with Crippen molar-refractivity contribution in [3.8, 4) is 0 Å². The Kier molecular flexibility index (Phi) is 5.28. The number of carbonyl (C=O) groups excluding carboxylic acids is 3. The van der Waals surface area contributed by atoms with Gasteiger partial charge in [-0.05, 0) is 25.1 Å². The average molecular weight is 357 g/mol. The summed E-state index contributed by atoms with van der Waals surface area (Å²) in [5.74, 6) is -2.44. The van der Waals surface area contributed by atoms with Crippen LogP contribution in [0.5, 0.6) is 0 Å². The fourth-order valence-electron chi connectivity index (χ4n) is 2.31. The number of ether oxygens (including phenoxy) is 1. The highest BCUT2D eigenvalue weighted by molar-refractivity contribution is 6.42.